The molecule has 0 unspecified atom stereocenters. The lowest BCUT2D eigenvalue weighted by atomic mass is 10.1. The van der Waals surface area contributed by atoms with E-state index >= 15 is 0 Å². The minimum absolute atomic E-state index is 0.0352. The normalized spacial score (nSPS) is 10.8. The molecule has 0 aliphatic carbocycles. The van der Waals surface area contributed by atoms with E-state index in [1.165, 1.54) is 6.07 Å². The molecule has 0 aliphatic heterocycles. The first-order chi connectivity index (χ1) is 13.2. The number of hydrogen-bond donors (Lipinski definition) is 3. The summed E-state index contributed by atoms with van der Waals surface area (Å²) in [5, 5.41) is 19.5. The number of nitrogens with one attached hydrogen (secondary N) is 3. The van der Waals surface area contributed by atoms with Gasteiger partial charge in [0.05, 0.1) is 4.92 Å². The topological polar surface area (TPSA) is 113 Å². The molecule has 2 aromatic carbocycles. The smallest absolute Gasteiger partial charge is 0.292 e. The number of rotatable bonds is 7. The first-order valence-electron chi connectivity index (χ1n) is 8.85. The van der Waals surface area contributed by atoms with E-state index in [-0.39, 0.29) is 36.0 Å². The van der Waals surface area contributed by atoms with Crippen LogP contribution in [0.25, 0.3) is 0 Å². The van der Waals surface area contributed by atoms with E-state index in [0.717, 1.165) is 0 Å². The van der Waals surface area contributed by atoms with Crippen molar-refractivity contribution < 1.29 is 14.5 Å². The summed E-state index contributed by atoms with van der Waals surface area (Å²) in [5.74, 6) is -0.419. The third-order valence-corrected chi connectivity index (χ3v) is 3.69. The van der Waals surface area contributed by atoms with E-state index in [4.69, 9.17) is 0 Å². The molecular formula is C20H24N4O4. The number of anilines is 2. The minimum Gasteiger partial charge on any atom is -0.379 e. The van der Waals surface area contributed by atoms with Crippen molar-refractivity contribution in [1.29, 1.82) is 0 Å². The molecule has 2 amide bonds. The fourth-order valence-corrected chi connectivity index (χ4v) is 2.43. The lowest BCUT2D eigenvalue weighted by Gasteiger charge is -2.20. The highest BCUT2D eigenvalue weighted by Crippen LogP contribution is 2.23. The largest absolute Gasteiger partial charge is 0.379 e. The number of nitrogens with zero attached hydrogens (tertiary/aromatic N) is 1. The molecule has 0 aromatic heterocycles. The van der Waals surface area contributed by atoms with Crippen LogP contribution in [-0.4, -0.2) is 28.8 Å². The number of amides is 2. The van der Waals surface area contributed by atoms with Crippen molar-refractivity contribution in [2.75, 3.05) is 17.2 Å². The predicted octanol–water partition coefficient (Wildman–Crippen LogP) is 3.56. The van der Waals surface area contributed by atoms with Gasteiger partial charge in [0.1, 0.15) is 5.69 Å². The number of para-hydroxylation sites is 2. The summed E-state index contributed by atoms with van der Waals surface area (Å²) < 4.78 is 0. The maximum absolute atomic E-state index is 12.1. The Hall–Kier alpha value is -3.42. The zero-order valence-electron chi connectivity index (χ0n) is 16.1. The maximum Gasteiger partial charge on any atom is 0.292 e. The fourth-order valence-electron chi connectivity index (χ4n) is 2.43. The molecule has 0 aliphatic rings. The number of carbonyl (C=O) groups is 2. The molecule has 0 heterocycles. The van der Waals surface area contributed by atoms with Crippen LogP contribution in [0, 0.1) is 10.1 Å². The molecular weight excluding hydrogens is 360 g/mol. The fraction of sp³-hybridized carbons (Fsp3) is 0.300. The maximum atomic E-state index is 12.1. The van der Waals surface area contributed by atoms with Crippen molar-refractivity contribution in [2.24, 2.45) is 0 Å². The van der Waals surface area contributed by atoms with E-state index in [0.29, 0.717) is 16.9 Å². The molecule has 0 saturated carbocycles. The van der Waals surface area contributed by atoms with Gasteiger partial charge in [0.15, 0.2) is 0 Å². The lowest BCUT2D eigenvalue weighted by molar-refractivity contribution is -0.384. The van der Waals surface area contributed by atoms with E-state index in [1.54, 1.807) is 42.5 Å². The lowest BCUT2D eigenvalue weighted by Crippen LogP contribution is -2.40. The Morgan fingerprint density at radius 1 is 1.04 bits per heavy atom. The Morgan fingerprint density at radius 2 is 1.68 bits per heavy atom. The third-order valence-electron chi connectivity index (χ3n) is 3.69. The SMILES string of the molecule is CC(C)(C)NC(=O)c1ccc(NC(=O)CCNc2ccccc2[N+](=O)[O-])cc1. The third kappa shape index (κ3) is 6.39. The Labute approximate surface area is 163 Å². The van der Waals surface area contributed by atoms with Crippen molar-refractivity contribution in [3.05, 3.63) is 64.2 Å². The van der Waals surface area contributed by atoms with Gasteiger partial charge in [0.2, 0.25) is 5.91 Å². The van der Waals surface area contributed by atoms with Gasteiger partial charge in [-0.2, -0.15) is 0 Å². The van der Waals surface area contributed by atoms with Crippen LogP contribution in [0.1, 0.15) is 37.6 Å². The summed E-state index contributed by atoms with van der Waals surface area (Å²) in [6.45, 7) is 5.95. The summed E-state index contributed by atoms with van der Waals surface area (Å²) in [6, 6.07) is 12.9. The molecule has 148 valence electrons. The Morgan fingerprint density at radius 3 is 2.29 bits per heavy atom. The van der Waals surface area contributed by atoms with E-state index in [9.17, 15) is 19.7 Å². The van der Waals surface area contributed by atoms with Gasteiger partial charge in [0, 0.05) is 35.8 Å². The molecule has 0 atom stereocenters. The van der Waals surface area contributed by atoms with Crippen LogP contribution in [0.4, 0.5) is 17.1 Å². The van der Waals surface area contributed by atoms with Crippen LogP contribution in [0.5, 0.6) is 0 Å². The molecule has 2 rings (SSSR count). The van der Waals surface area contributed by atoms with Crippen molar-refractivity contribution in [1.82, 2.24) is 5.32 Å². The molecule has 0 radical (unpaired) electrons. The molecule has 2 aromatic rings. The summed E-state index contributed by atoms with van der Waals surface area (Å²) in [7, 11) is 0. The number of carbonyl (C=O) groups excluding carboxylic acids is 2. The molecule has 0 saturated heterocycles. The average molecular weight is 384 g/mol. The molecule has 8 heteroatoms. The highest BCUT2D eigenvalue weighted by atomic mass is 16.6. The van der Waals surface area contributed by atoms with E-state index in [2.05, 4.69) is 16.0 Å². The highest BCUT2D eigenvalue weighted by Gasteiger charge is 2.15. The first kappa shape index (κ1) is 20.9. The second-order valence-corrected chi connectivity index (χ2v) is 7.28. The Balaban J connectivity index is 1.85. The van der Waals surface area contributed by atoms with Gasteiger partial charge in [-0.15, -0.1) is 0 Å². The highest BCUT2D eigenvalue weighted by molar-refractivity contribution is 5.96. The van der Waals surface area contributed by atoms with Crippen molar-refractivity contribution >= 4 is 28.9 Å². The average Bonchev–Trinajstić information content (AvgIpc) is 2.61. The zero-order valence-corrected chi connectivity index (χ0v) is 16.1. The quantitative estimate of drug-likeness (QED) is 0.499. The Bertz CT molecular complexity index is 857. The first-order valence-corrected chi connectivity index (χ1v) is 8.85. The van der Waals surface area contributed by atoms with Crippen molar-refractivity contribution in [3.63, 3.8) is 0 Å². The van der Waals surface area contributed by atoms with Gasteiger partial charge in [-0.1, -0.05) is 12.1 Å². The van der Waals surface area contributed by atoms with Crippen LogP contribution >= 0.6 is 0 Å². The number of hydrogen-bond acceptors (Lipinski definition) is 5. The van der Waals surface area contributed by atoms with Gasteiger partial charge < -0.3 is 16.0 Å². The van der Waals surface area contributed by atoms with Crippen LogP contribution in [0.3, 0.4) is 0 Å². The van der Waals surface area contributed by atoms with Gasteiger partial charge >= 0.3 is 0 Å². The molecule has 8 nitrogen and oxygen atoms in total. The van der Waals surface area contributed by atoms with Crippen molar-refractivity contribution in [3.8, 4) is 0 Å². The van der Waals surface area contributed by atoms with Crippen LogP contribution in [-0.2, 0) is 4.79 Å². The second-order valence-electron chi connectivity index (χ2n) is 7.28. The molecule has 0 spiro atoms. The van der Waals surface area contributed by atoms with Gasteiger partial charge in [0.25, 0.3) is 11.6 Å². The Kier molecular flexibility index (Phi) is 6.70. The van der Waals surface area contributed by atoms with Gasteiger partial charge in [-0.05, 0) is 51.1 Å². The summed E-state index contributed by atoms with van der Waals surface area (Å²) in [4.78, 5) is 34.7. The summed E-state index contributed by atoms with van der Waals surface area (Å²) in [5.41, 5.74) is 1.08. The van der Waals surface area contributed by atoms with Crippen molar-refractivity contribution in [2.45, 2.75) is 32.7 Å². The van der Waals surface area contributed by atoms with Crippen LogP contribution in [0.2, 0.25) is 0 Å². The zero-order chi connectivity index (χ0) is 20.7. The standard InChI is InChI=1S/C20H24N4O4/c1-20(2,3)23-19(26)14-8-10-15(11-9-14)22-18(25)12-13-21-16-6-4-5-7-17(16)24(27)28/h4-11,21H,12-13H2,1-3H3,(H,22,25)(H,23,26). The van der Waals surface area contributed by atoms with E-state index < -0.39 is 4.92 Å². The molecule has 28 heavy (non-hydrogen) atoms. The van der Waals surface area contributed by atoms with E-state index in [1.807, 2.05) is 20.8 Å². The van der Waals surface area contributed by atoms with Gasteiger partial charge in [-0.25, -0.2) is 0 Å². The number of nitro benzene ring substituents is 1. The molecule has 0 fully saturated rings. The number of benzene rings is 2. The van der Waals surface area contributed by atoms with Crippen LogP contribution in [0.15, 0.2) is 48.5 Å². The monoisotopic (exact) mass is 384 g/mol. The molecule has 0 bridgehead atoms. The number of nitro groups is 1. The second kappa shape index (κ2) is 8.98. The summed E-state index contributed by atoms with van der Waals surface area (Å²) >= 11 is 0. The minimum atomic E-state index is -0.472. The van der Waals surface area contributed by atoms with Gasteiger partial charge in [-0.3, -0.25) is 19.7 Å². The predicted molar refractivity (Wildman–Crippen MR) is 108 cm³/mol. The van der Waals surface area contributed by atoms with Crippen LogP contribution < -0.4 is 16.0 Å². The summed E-state index contributed by atoms with van der Waals surface area (Å²) in [6.07, 6.45) is 0.137. The molecule has 3 N–H and O–H groups in total.